The topological polar surface area (TPSA) is 89.0 Å². The molecule has 2 aromatic rings. The van der Waals surface area contributed by atoms with Gasteiger partial charge in [0, 0.05) is 24.2 Å². The number of benzene rings is 1. The Morgan fingerprint density at radius 1 is 1.29 bits per heavy atom. The molecule has 2 heterocycles. The van der Waals surface area contributed by atoms with E-state index in [9.17, 15) is 14.7 Å². The Bertz CT molecular complexity index is 1020. The second-order valence-electron chi connectivity index (χ2n) is 9.89. The molecule has 1 aromatic carbocycles. The molecule has 1 fully saturated rings. The molecule has 1 N–H and O–H groups in total. The van der Waals surface area contributed by atoms with Crippen molar-refractivity contribution >= 4 is 32.3 Å². The molecule has 1 saturated heterocycles. The first-order valence-corrected chi connectivity index (χ1v) is 15.5. The first-order valence-electron chi connectivity index (χ1n) is 11.4. The van der Waals surface area contributed by atoms with Gasteiger partial charge >= 0.3 is 0 Å². The van der Waals surface area contributed by atoms with Gasteiger partial charge in [0.2, 0.25) is 0 Å². The molecule has 1 aromatic heterocycles. The van der Waals surface area contributed by atoms with Gasteiger partial charge in [-0.3, -0.25) is 14.6 Å². The maximum absolute atomic E-state index is 13.6. The van der Waals surface area contributed by atoms with Crippen LogP contribution in [0.5, 0.6) is 11.5 Å². The standard InChI is InChI=1S/C25H34N2O5SSi/c1-25(2,3)34(4,5)32-16-21-19(8-7-11-26-21)24(30)27-12-13-33-17-18(27)15-31-23-10-6-9-22(29)20(23)14-28/h6-11,14,18,29H,12-13,15-17H2,1-5H3. The molecule has 184 valence electrons. The summed E-state index contributed by atoms with van der Waals surface area (Å²) >= 11 is 1.76. The number of phenolic OH excluding ortho intramolecular Hbond substituents is 1. The molecule has 0 spiro atoms. The molecule has 1 aliphatic heterocycles. The lowest BCUT2D eigenvalue weighted by Gasteiger charge is -2.37. The Morgan fingerprint density at radius 2 is 2.06 bits per heavy atom. The zero-order chi connectivity index (χ0) is 24.9. The minimum absolute atomic E-state index is 0.0602. The van der Waals surface area contributed by atoms with E-state index in [1.54, 1.807) is 42.2 Å². The molecule has 0 radical (unpaired) electrons. The Kier molecular flexibility index (Phi) is 8.43. The number of aldehydes is 1. The predicted octanol–water partition coefficient (Wildman–Crippen LogP) is 4.76. The lowest BCUT2D eigenvalue weighted by Crippen LogP contribution is -2.49. The summed E-state index contributed by atoms with van der Waals surface area (Å²) in [5.74, 6) is 1.64. The van der Waals surface area contributed by atoms with Gasteiger partial charge < -0.3 is 19.2 Å². The number of carbonyl (C=O) groups excluding carboxylic acids is 2. The number of amides is 1. The summed E-state index contributed by atoms with van der Waals surface area (Å²) in [6, 6.07) is 8.11. The highest BCUT2D eigenvalue weighted by Gasteiger charge is 2.38. The van der Waals surface area contributed by atoms with Crippen LogP contribution in [0, 0.1) is 0 Å². The number of nitrogens with zero attached hydrogens (tertiary/aromatic N) is 2. The normalized spacial score (nSPS) is 16.9. The van der Waals surface area contributed by atoms with Crippen molar-refractivity contribution in [2.45, 2.75) is 51.6 Å². The summed E-state index contributed by atoms with van der Waals surface area (Å²) in [4.78, 5) is 31.3. The second-order valence-corrected chi connectivity index (χ2v) is 15.9. The van der Waals surface area contributed by atoms with Gasteiger partial charge in [0.15, 0.2) is 14.6 Å². The van der Waals surface area contributed by atoms with Crippen molar-refractivity contribution in [3.8, 4) is 11.5 Å². The molecule has 7 nitrogen and oxygen atoms in total. The van der Waals surface area contributed by atoms with Gasteiger partial charge in [-0.15, -0.1) is 0 Å². The highest BCUT2D eigenvalue weighted by atomic mass is 32.2. The van der Waals surface area contributed by atoms with Crippen LogP contribution in [0.15, 0.2) is 36.5 Å². The summed E-state index contributed by atoms with van der Waals surface area (Å²) in [6.45, 7) is 12.0. The van der Waals surface area contributed by atoms with Crippen LogP contribution in [-0.2, 0) is 11.0 Å². The number of pyridine rings is 1. The van der Waals surface area contributed by atoms with E-state index in [0.717, 1.165) is 11.5 Å². The smallest absolute Gasteiger partial charge is 0.256 e. The molecule has 34 heavy (non-hydrogen) atoms. The van der Waals surface area contributed by atoms with E-state index in [-0.39, 0.29) is 34.9 Å². The summed E-state index contributed by atoms with van der Waals surface area (Å²) < 4.78 is 12.2. The number of phenols is 1. The minimum atomic E-state index is -2.00. The predicted molar refractivity (Wildman–Crippen MR) is 137 cm³/mol. The highest BCUT2D eigenvalue weighted by Crippen LogP contribution is 2.37. The van der Waals surface area contributed by atoms with Crippen LogP contribution in [0.4, 0.5) is 0 Å². The number of aromatic nitrogens is 1. The van der Waals surface area contributed by atoms with Gasteiger partial charge in [0.05, 0.1) is 29.5 Å². The molecule has 1 aliphatic rings. The van der Waals surface area contributed by atoms with E-state index in [4.69, 9.17) is 9.16 Å². The molecule has 0 bridgehead atoms. The van der Waals surface area contributed by atoms with Crippen LogP contribution in [0.25, 0.3) is 0 Å². The lowest BCUT2D eigenvalue weighted by molar-refractivity contribution is 0.0643. The molecule has 0 aliphatic carbocycles. The van der Waals surface area contributed by atoms with Crippen LogP contribution in [0.1, 0.15) is 47.2 Å². The van der Waals surface area contributed by atoms with E-state index in [0.29, 0.717) is 36.4 Å². The number of thioether (sulfide) groups is 1. The Morgan fingerprint density at radius 3 is 2.76 bits per heavy atom. The summed E-state index contributed by atoms with van der Waals surface area (Å²) in [7, 11) is -2.00. The van der Waals surface area contributed by atoms with E-state index >= 15 is 0 Å². The molecule has 1 unspecified atom stereocenters. The van der Waals surface area contributed by atoms with Crippen LogP contribution in [0.3, 0.4) is 0 Å². The van der Waals surface area contributed by atoms with Gasteiger partial charge in [0.25, 0.3) is 5.91 Å². The van der Waals surface area contributed by atoms with Gasteiger partial charge in [-0.2, -0.15) is 11.8 Å². The molecule has 1 atom stereocenters. The Balaban J connectivity index is 1.76. The van der Waals surface area contributed by atoms with Crippen molar-refractivity contribution in [2.75, 3.05) is 24.7 Å². The largest absolute Gasteiger partial charge is 0.507 e. The Hall–Kier alpha value is -2.36. The second kappa shape index (κ2) is 10.9. The van der Waals surface area contributed by atoms with E-state index in [2.05, 4.69) is 38.8 Å². The van der Waals surface area contributed by atoms with Gasteiger partial charge in [0.1, 0.15) is 18.1 Å². The minimum Gasteiger partial charge on any atom is -0.507 e. The third kappa shape index (κ3) is 6.00. The molecule has 9 heteroatoms. The van der Waals surface area contributed by atoms with E-state index < -0.39 is 8.32 Å². The molecule has 3 rings (SSSR count). The average Bonchev–Trinajstić information content (AvgIpc) is 2.80. The fourth-order valence-corrected chi connectivity index (χ4v) is 5.36. The number of rotatable bonds is 8. The molecular weight excluding hydrogens is 468 g/mol. The first-order chi connectivity index (χ1) is 16.0. The van der Waals surface area contributed by atoms with Crippen LogP contribution < -0.4 is 4.74 Å². The quantitative estimate of drug-likeness (QED) is 0.411. The number of carbonyl (C=O) groups is 2. The Labute approximate surface area is 207 Å². The summed E-state index contributed by atoms with van der Waals surface area (Å²) in [5, 5.41) is 9.97. The van der Waals surface area contributed by atoms with Gasteiger partial charge in [-0.1, -0.05) is 26.8 Å². The van der Waals surface area contributed by atoms with Crippen LogP contribution in [0.2, 0.25) is 18.1 Å². The van der Waals surface area contributed by atoms with Crippen molar-refractivity contribution in [3.05, 3.63) is 53.3 Å². The summed E-state index contributed by atoms with van der Waals surface area (Å²) in [6.07, 6.45) is 2.27. The molecule has 0 saturated carbocycles. The first kappa shape index (κ1) is 26.2. The fourth-order valence-electron chi connectivity index (χ4n) is 3.39. The van der Waals surface area contributed by atoms with Crippen molar-refractivity contribution in [1.82, 2.24) is 9.88 Å². The third-order valence-corrected chi connectivity index (χ3v) is 12.1. The zero-order valence-corrected chi connectivity index (χ0v) is 22.4. The number of hydrogen-bond acceptors (Lipinski definition) is 7. The van der Waals surface area contributed by atoms with Gasteiger partial charge in [-0.25, -0.2) is 0 Å². The monoisotopic (exact) mass is 502 g/mol. The maximum Gasteiger partial charge on any atom is 0.256 e. The number of aromatic hydroxyl groups is 1. The fraction of sp³-hybridized carbons (Fsp3) is 0.480. The van der Waals surface area contributed by atoms with Crippen molar-refractivity contribution in [1.29, 1.82) is 0 Å². The number of ether oxygens (including phenoxy) is 1. The van der Waals surface area contributed by atoms with E-state index in [1.165, 1.54) is 6.07 Å². The van der Waals surface area contributed by atoms with Crippen molar-refractivity contribution < 1.29 is 23.9 Å². The van der Waals surface area contributed by atoms with Crippen LogP contribution in [-0.4, -0.2) is 66.2 Å². The summed E-state index contributed by atoms with van der Waals surface area (Å²) in [5.41, 5.74) is 1.30. The van der Waals surface area contributed by atoms with Crippen molar-refractivity contribution in [2.24, 2.45) is 0 Å². The van der Waals surface area contributed by atoms with Crippen LogP contribution >= 0.6 is 11.8 Å². The SMILES string of the molecule is CC(C)(C)[Si](C)(C)OCc1ncccc1C(=O)N1CCSCC1COc1cccc(O)c1C=O. The highest BCUT2D eigenvalue weighted by molar-refractivity contribution is 7.99. The average molecular weight is 503 g/mol. The van der Waals surface area contributed by atoms with Gasteiger partial charge in [-0.05, 0) is 42.4 Å². The van der Waals surface area contributed by atoms with E-state index in [1.807, 2.05) is 4.90 Å². The molecular formula is C25H34N2O5SSi. The third-order valence-electron chi connectivity index (χ3n) is 6.58. The van der Waals surface area contributed by atoms with Crippen molar-refractivity contribution in [3.63, 3.8) is 0 Å². The zero-order valence-electron chi connectivity index (χ0n) is 20.5. The maximum atomic E-state index is 13.6. The lowest BCUT2D eigenvalue weighted by atomic mass is 10.1. The molecule has 1 amide bonds. The number of hydrogen-bond donors (Lipinski definition) is 1.